The van der Waals surface area contributed by atoms with Crippen molar-refractivity contribution in [3.63, 3.8) is 0 Å². The molecule has 20 heteroatoms. The summed E-state index contributed by atoms with van der Waals surface area (Å²) in [7, 11) is 2.28. The van der Waals surface area contributed by atoms with E-state index in [4.69, 9.17) is 4.18 Å². The summed E-state index contributed by atoms with van der Waals surface area (Å²) in [4.78, 5) is 59.3. The van der Waals surface area contributed by atoms with Crippen molar-refractivity contribution in [2.45, 2.75) is 92.7 Å². The Kier molecular flexibility index (Phi) is 7.60. The van der Waals surface area contributed by atoms with Crippen LogP contribution in [0.25, 0.3) is 0 Å². The van der Waals surface area contributed by atoms with Crippen LogP contribution in [0, 0.1) is 11.6 Å². The van der Waals surface area contributed by atoms with Gasteiger partial charge in [-0.05, 0) is 100 Å². The van der Waals surface area contributed by atoms with E-state index >= 15 is 23.6 Å². The zero-order valence-electron chi connectivity index (χ0n) is 31.7. The minimum absolute atomic E-state index is 0.0782. The molecule has 1 aliphatic carbocycles. The highest BCUT2D eigenvalue weighted by molar-refractivity contribution is 8.78. The van der Waals surface area contributed by atoms with Gasteiger partial charge in [0.05, 0.1) is 21.8 Å². The summed E-state index contributed by atoms with van der Waals surface area (Å²) in [6.45, 7) is 3.56. The highest BCUT2D eigenvalue weighted by Gasteiger charge is 2.93. The summed E-state index contributed by atoms with van der Waals surface area (Å²) in [6, 6.07) is 13.8. The highest BCUT2D eigenvalue weighted by atomic mass is 33.1. The lowest BCUT2D eigenvalue weighted by Crippen LogP contribution is -2.78. The molecule has 308 valence electrons. The molecule has 0 radical (unpaired) electrons. The lowest BCUT2D eigenvalue weighted by atomic mass is 9.51. The minimum Gasteiger partial charge on any atom is -0.388 e. The smallest absolute Gasteiger partial charge is 0.297 e. The number of hydrogen-bond acceptors (Lipinski definition) is 13. The van der Waals surface area contributed by atoms with Gasteiger partial charge in [-0.15, -0.1) is 0 Å². The Bertz CT molecular complexity index is 2610. The maximum atomic E-state index is 16.2. The van der Waals surface area contributed by atoms with Gasteiger partial charge in [-0.1, -0.05) is 59.7 Å². The summed E-state index contributed by atoms with van der Waals surface area (Å²) in [6.07, 6.45) is -4.80. The number of likely N-dealkylation sites (N-methyl/N-ethyl adjacent to an activating group) is 2. The van der Waals surface area contributed by atoms with E-state index in [-0.39, 0.29) is 30.5 Å². The van der Waals surface area contributed by atoms with Crippen LogP contribution < -0.4 is 5.32 Å². The van der Waals surface area contributed by atoms with Crippen LogP contribution in [0.3, 0.4) is 0 Å². The van der Waals surface area contributed by atoms with E-state index in [9.17, 15) is 17.9 Å². The number of carbonyl (C=O) groups is 4. The van der Waals surface area contributed by atoms with Gasteiger partial charge in [0.25, 0.3) is 33.7 Å². The third-order valence-electron chi connectivity index (χ3n) is 14.4. The van der Waals surface area contributed by atoms with E-state index in [1.165, 1.54) is 62.7 Å². The van der Waals surface area contributed by atoms with Crippen molar-refractivity contribution in [3.05, 3.63) is 95.1 Å². The van der Waals surface area contributed by atoms with Crippen LogP contribution >= 0.6 is 43.2 Å². The average molecular weight is 900 g/mol. The number of nitrogens with one attached hydrogen (secondary N) is 1. The molecule has 9 aliphatic heterocycles. The summed E-state index contributed by atoms with van der Waals surface area (Å²) in [5.41, 5.74) is -2.67. The number of nitrogens with zero attached hydrogens (tertiary/aromatic N) is 4. The first-order valence-electron chi connectivity index (χ1n) is 19.0. The molecular weight excluding hydrogens is 865 g/mol. The number of hydrogen-bond donors (Lipinski definition) is 2. The molecule has 10 atom stereocenters. The quantitative estimate of drug-likeness (QED) is 0.271. The molecule has 4 amide bonds. The Morgan fingerprint density at radius 1 is 0.763 bits per heavy atom. The maximum Gasteiger partial charge on any atom is 0.297 e. The van der Waals surface area contributed by atoms with E-state index in [0.29, 0.717) is 11.1 Å². The minimum atomic E-state index is -5.02. The van der Waals surface area contributed by atoms with Crippen molar-refractivity contribution >= 4 is 82.6 Å². The van der Waals surface area contributed by atoms with Gasteiger partial charge in [-0.25, -0.2) is 8.78 Å². The SMILES string of the molecule is CC[C@@]12SS[C@]3(C(=O)N1C)[C@@H](O)[C@]1([C@@]45c6cc(F)ccc6N[C@@H]4N4C(=O)[C@]6(CC)SS[C@]4(C(=O)N6C)[C@H]5OS(=O)(=O)c4ccc(F)cc4)c4ccccc4C[C@@H]1N3C2=O. The molecule has 59 heavy (non-hydrogen) atoms. The van der Waals surface area contributed by atoms with Crippen LogP contribution in [-0.2, 0) is 50.7 Å². The third-order valence-corrected chi connectivity index (χ3v) is 23.3. The fraction of sp³-hybridized carbons (Fsp3) is 0.436. The van der Waals surface area contributed by atoms with Crippen molar-refractivity contribution in [3.8, 4) is 0 Å². The van der Waals surface area contributed by atoms with Crippen molar-refractivity contribution in [1.29, 1.82) is 0 Å². The van der Waals surface area contributed by atoms with Gasteiger partial charge in [0.2, 0.25) is 9.74 Å². The first-order chi connectivity index (χ1) is 28.0. The third kappa shape index (κ3) is 3.81. The number of aliphatic hydroxyl groups excluding tert-OH is 1. The largest absolute Gasteiger partial charge is 0.388 e. The Morgan fingerprint density at radius 2 is 1.36 bits per heavy atom. The van der Waals surface area contributed by atoms with Crippen molar-refractivity contribution in [2.75, 3.05) is 19.4 Å². The number of halogens is 2. The Hall–Kier alpha value is -3.53. The molecule has 10 aliphatic rings. The normalized spacial score (nSPS) is 39.6. The second kappa shape index (κ2) is 11.7. The number of carbonyl (C=O) groups excluding carboxylic acids is 4. The fourth-order valence-corrected chi connectivity index (χ4v) is 21.0. The lowest BCUT2D eigenvalue weighted by Gasteiger charge is -2.59. The molecule has 0 saturated carbocycles. The molecule has 2 spiro atoms. The molecule has 13 nitrogen and oxygen atoms in total. The monoisotopic (exact) mass is 899 g/mol. The number of anilines is 1. The second-order valence-electron chi connectivity index (χ2n) is 16.2. The maximum absolute atomic E-state index is 16.2. The zero-order valence-corrected chi connectivity index (χ0v) is 35.8. The predicted octanol–water partition coefficient (Wildman–Crippen LogP) is 3.98. The van der Waals surface area contributed by atoms with Gasteiger partial charge < -0.3 is 25.1 Å². The predicted molar refractivity (Wildman–Crippen MR) is 217 cm³/mol. The molecule has 3 aromatic rings. The average Bonchev–Trinajstić information content (AvgIpc) is 3.88. The number of rotatable bonds is 6. The van der Waals surface area contributed by atoms with Crippen molar-refractivity contribution in [2.24, 2.45) is 0 Å². The summed E-state index contributed by atoms with van der Waals surface area (Å²) >= 11 is 0. The van der Waals surface area contributed by atoms with Gasteiger partial charge >= 0.3 is 0 Å². The Balaban J connectivity index is 1.30. The van der Waals surface area contributed by atoms with Crippen LogP contribution in [-0.4, -0.2) is 115 Å². The molecule has 0 unspecified atom stereocenters. The Morgan fingerprint density at radius 3 is 2.02 bits per heavy atom. The summed E-state index contributed by atoms with van der Waals surface area (Å²) in [5, 5.41) is 17.2. The van der Waals surface area contributed by atoms with Gasteiger partial charge in [0, 0.05) is 19.8 Å². The number of aliphatic hydroxyl groups is 1. The lowest BCUT2D eigenvalue weighted by molar-refractivity contribution is -0.168. The zero-order chi connectivity index (χ0) is 41.6. The van der Waals surface area contributed by atoms with Gasteiger partial charge in [0.1, 0.15) is 30.0 Å². The van der Waals surface area contributed by atoms with Crippen LogP contribution in [0.4, 0.5) is 14.5 Å². The number of fused-ring (bicyclic) bond motifs is 11. The van der Waals surface area contributed by atoms with Crippen molar-refractivity contribution in [1.82, 2.24) is 19.6 Å². The standard InChI is InChI=1S/C39H35F2N5O8S5/c1-5-34-30(48)45-26-17-19-9-7-8-10-23(19)36(26,27(47)38(45,57-55-34)32(50)43(34)3)37-24-18-21(41)13-16-25(24)42-29(37)46-31(49)35(6-2)44(4)33(51)39(46,58-56-35)28(37)54-59(52,53)22-14-11-20(40)12-15-22/h7-16,18,26-29,42,47H,5-6,17H2,1-4H3/t26-,27-,28-,29+,34-,35-,36-,37+,38-,39-/m0/s1. The summed E-state index contributed by atoms with van der Waals surface area (Å²) < 4.78 is 66.9. The van der Waals surface area contributed by atoms with Crippen LogP contribution in [0.5, 0.6) is 0 Å². The molecule has 8 saturated heterocycles. The molecule has 2 N–H and O–H groups in total. The first-order valence-corrected chi connectivity index (χ1v) is 24.7. The van der Waals surface area contributed by atoms with E-state index in [0.717, 1.165) is 56.6 Å². The number of piperazine rings is 2. The molecule has 3 aromatic carbocycles. The molecule has 4 bridgehead atoms. The van der Waals surface area contributed by atoms with Crippen molar-refractivity contribution < 1.29 is 45.7 Å². The Labute approximate surface area is 353 Å². The molecule has 8 fully saturated rings. The van der Waals surface area contributed by atoms with E-state index < -0.39 is 105 Å². The topological polar surface area (TPSA) is 157 Å². The van der Waals surface area contributed by atoms with Gasteiger partial charge in [0.15, 0.2) is 9.74 Å². The van der Waals surface area contributed by atoms with E-state index in [1.54, 1.807) is 32.0 Å². The molecule has 13 rings (SSSR count). The fourth-order valence-electron chi connectivity index (χ4n) is 11.9. The second-order valence-corrected chi connectivity index (χ2v) is 23.1. The van der Waals surface area contributed by atoms with Gasteiger partial charge in [-0.2, -0.15) is 8.42 Å². The van der Waals surface area contributed by atoms with Gasteiger partial charge in [-0.3, -0.25) is 28.3 Å². The van der Waals surface area contributed by atoms with Crippen LogP contribution in [0.1, 0.15) is 43.4 Å². The molecule has 0 aromatic heterocycles. The number of amides is 4. The molecular formula is C39H35F2N5O8S5. The first kappa shape index (κ1) is 38.4. The molecule has 9 heterocycles. The van der Waals surface area contributed by atoms with E-state index in [1.807, 2.05) is 6.07 Å². The van der Waals surface area contributed by atoms with E-state index in [2.05, 4.69) is 5.32 Å². The van der Waals surface area contributed by atoms with Crippen LogP contribution in [0.15, 0.2) is 71.6 Å². The highest BCUT2D eigenvalue weighted by Crippen LogP contribution is 2.79. The number of benzene rings is 3. The van der Waals surface area contributed by atoms with Crippen LogP contribution in [0.2, 0.25) is 0 Å². The summed E-state index contributed by atoms with van der Waals surface area (Å²) in [5.74, 6) is -3.66.